The first-order valence-electron chi connectivity index (χ1n) is 5.37. The van der Waals surface area contributed by atoms with Crippen molar-refractivity contribution in [2.45, 2.75) is 25.3 Å². The van der Waals surface area contributed by atoms with Crippen LogP contribution in [0.5, 0.6) is 0 Å². The molecule has 0 aromatic rings. The number of carbonyl (C=O) groups excluding carboxylic acids is 1. The zero-order valence-corrected chi connectivity index (χ0v) is 8.45. The minimum Gasteiger partial charge on any atom is -0.379 e. The Balaban J connectivity index is 1.57. The van der Waals surface area contributed by atoms with E-state index in [1.807, 2.05) is 0 Å². The van der Waals surface area contributed by atoms with Gasteiger partial charge in [-0.3, -0.25) is 4.79 Å². The van der Waals surface area contributed by atoms with Crippen molar-refractivity contribution in [1.29, 1.82) is 0 Å². The van der Waals surface area contributed by atoms with E-state index in [0.29, 0.717) is 26.1 Å². The SMILES string of the molecule is NC1CC(=O)N(CCOCC2CC2)C1. The van der Waals surface area contributed by atoms with Crippen molar-refractivity contribution < 1.29 is 9.53 Å². The lowest BCUT2D eigenvalue weighted by molar-refractivity contribution is -0.128. The van der Waals surface area contributed by atoms with Crippen LogP contribution < -0.4 is 5.73 Å². The van der Waals surface area contributed by atoms with E-state index in [4.69, 9.17) is 10.5 Å². The van der Waals surface area contributed by atoms with Crippen molar-refractivity contribution >= 4 is 5.91 Å². The van der Waals surface area contributed by atoms with Gasteiger partial charge in [-0.15, -0.1) is 0 Å². The molecule has 4 heteroatoms. The monoisotopic (exact) mass is 198 g/mol. The van der Waals surface area contributed by atoms with Crippen molar-refractivity contribution in [3.05, 3.63) is 0 Å². The summed E-state index contributed by atoms with van der Waals surface area (Å²) in [6.07, 6.45) is 3.13. The first-order valence-corrected chi connectivity index (χ1v) is 5.37. The number of hydrogen-bond acceptors (Lipinski definition) is 3. The summed E-state index contributed by atoms with van der Waals surface area (Å²) in [7, 11) is 0. The first kappa shape index (κ1) is 9.93. The highest BCUT2D eigenvalue weighted by atomic mass is 16.5. The smallest absolute Gasteiger partial charge is 0.224 e. The number of hydrogen-bond donors (Lipinski definition) is 1. The summed E-state index contributed by atoms with van der Waals surface area (Å²) < 4.78 is 5.47. The number of likely N-dealkylation sites (tertiary alicyclic amines) is 1. The van der Waals surface area contributed by atoms with Crippen molar-refractivity contribution in [3.8, 4) is 0 Å². The number of rotatable bonds is 5. The van der Waals surface area contributed by atoms with Crippen LogP contribution in [0.4, 0.5) is 0 Å². The summed E-state index contributed by atoms with van der Waals surface area (Å²) in [5, 5.41) is 0. The average Bonchev–Trinajstić information content (AvgIpc) is 2.88. The zero-order valence-electron chi connectivity index (χ0n) is 8.45. The fraction of sp³-hybridized carbons (Fsp3) is 0.900. The lowest BCUT2D eigenvalue weighted by Gasteiger charge is -2.15. The maximum atomic E-state index is 11.3. The van der Waals surface area contributed by atoms with E-state index in [1.165, 1.54) is 12.8 Å². The van der Waals surface area contributed by atoms with E-state index in [0.717, 1.165) is 12.5 Å². The van der Waals surface area contributed by atoms with Gasteiger partial charge in [-0.25, -0.2) is 0 Å². The number of nitrogens with zero attached hydrogens (tertiary/aromatic N) is 1. The maximum absolute atomic E-state index is 11.3. The van der Waals surface area contributed by atoms with Crippen molar-refractivity contribution in [1.82, 2.24) is 4.90 Å². The molecule has 1 saturated heterocycles. The van der Waals surface area contributed by atoms with E-state index >= 15 is 0 Å². The molecule has 14 heavy (non-hydrogen) atoms. The van der Waals surface area contributed by atoms with Crippen molar-refractivity contribution in [3.63, 3.8) is 0 Å². The molecule has 80 valence electrons. The second-order valence-electron chi connectivity index (χ2n) is 4.32. The molecular formula is C10H18N2O2. The molecule has 2 aliphatic rings. The molecule has 1 atom stereocenters. The number of carbonyl (C=O) groups is 1. The lowest BCUT2D eigenvalue weighted by atomic mass is 10.3. The highest BCUT2D eigenvalue weighted by Gasteiger charge is 2.26. The van der Waals surface area contributed by atoms with Crippen LogP contribution in [0.15, 0.2) is 0 Å². The summed E-state index contributed by atoms with van der Waals surface area (Å²) in [6, 6.07) is 0.0333. The van der Waals surface area contributed by atoms with Gasteiger partial charge in [-0.2, -0.15) is 0 Å². The molecule has 0 aromatic heterocycles. The van der Waals surface area contributed by atoms with Crippen LogP contribution in [0.3, 0.4) is 0 Å². The second-order valence-corrected chi connectivity index (χ2v) is 4.32. The largest absolute Gasteiger partial charge is 0.379 e. The lowest BCUT2D eigenvalue weighted by Crippen LogP contribution is -2.31. The minimum atomic E-state index is 0.0333. The van der Waals surface area contributed by atoms with Gasteiger partial charge < -0.3 is 15.4 Å². The van der Waals surface area contributed by atoms with Gasteiger partial charge in [-0.1, -0.05) is 0 Å². The molecule has 1 unspecified atom stereocenters. The molecule has 4 nitrogen and oxygen atoms in total. The van der Waals surface area contributed by atoms with Crippen LogP contribution in [0.2, 0.25) is 0 Å². The van der Waals surface area contributed by atoms with Gasteiger partial charge in [0.05, 0.1) is 6.61 Å². The Kier molecular flexibility index (Phi) is 3.03. The highest BCUT2D eigenvalue weighted by Crippen LogP contribution is 2.28. The minimum absolute atomic E-state index is 0.0333. The third-order valence-corrected chi connectivity index (χ3v) is 2.80. The molecule has 0 aromatic carbocycles. The van der Waals surface area contributed by atoms with Gasteiger partial charge in [0.2, 0.25) is 5.91 Å². The molecule has 2 fully saturated rings. The Labute approximate surface area is 84.4 Å². The summed E-state index contributed by atoms with van der Waals surface area (Å²) in [4.78, 5) is 13.1. The molecule has 2 N–H and O–H groups in total. The van der Waals surface area contributed by atoms with E-state index in [-0.39, 0.29) is 11.9 Å². The standard InChI is InChI=1S/C10H18N2O2/c11-9-5-10(13)12(6-9)3-4-14-7-8-1-2-8/h8-9H,1-7,11H2. The zero-order chi connectivity index (χ0) is 9.97. The van der Waals surface area contributed by atoms with Gasteiger partial charge in [0.1, 0.15) is 0 Å². The third kappa shape index (κ3) is 2.69. The molecule has 0 bridgehead atoms. The molecule has 1 saturated carbocycles. The van der Waals surface area contributed by atoms with Crippen LogP contribution in [-0.4, -0.2) is 43.2 Å². The van der Waals surface area contributed by atoms with Gasteiger partial charge in [0.25, 0.3) is 0 Å². The van der Waals surface area contributed by atoms with Crippen LogP contribution in [-0.2, 0) is 9.53 Å². The van der Waals surface area contributed by atoms with E-state index in [2.05, 4.69) is 0 Å². The Morgan fingerprint density at radius 3 is 2.86 bits per heavy atom. The molecule has 1 heterocycles. The Bertz CT molecular complexity index is 216. The fourth-order valence-corrected chi connectivity index (χ4v) is 1.73. The third-order valence-electron chi connectivity index (χ3n) is 2.80. The molecule has 1 aliphatic carbocycles. The summed E-state index contributed by atoms with van der Waals surface area (Å²) in [5.74, 6) is 0.971. The molecule has 1 amide bonds. The number of ether oxygens (including phenoxy) is 1. The summed E-state index contributed by atoms with van der Waals surface area (Å²) >= 11 is 0. The Morgan fingerprint density at radius 1 is 1.50 bits per heavy atom. The topological polar surface area (TPSA) is 55.6 Å². The van der Waals surface area contributed by atoms with Gasteiger partial charge in [-0.05, 0) is 18.8 Å². The normalized spacial score (nSPS) is 27.4. The molecule has 2 rings (SSSR count). The number of amides is 1. The van der Waals surface area contributed by atoms with E-state index in [1.54, 1.807) is 4.90 Å². The van der Waals surface area contributed by atoms with E-state index < -0.39 is 0 Å². The predicted octanol–water partition coefficient (Wildman–Crippen LogP) is -0.0274. The Hall–Kier alpha value is -0.610. The first-order chi connectivity index (χ1) is 6.75. The molecule has 0 spiro atoms. The number of nitrogens with two attached hydrogens (primary N) is 1. The fourth-order valence-electron chi connectivity index (χ4n) is 1.73. The van der Waals surface area contributed by atoms with Crippen LogP contribution in [0, 0.1) is 5.92 Å². The average molecular weight is 198 g/mol. The molecule has 1 aliphatic heterocycles. The van der Waals surface area contributed by atoms with Gasteiger partial charge in [0, 0.05) is 32.2 Å². The highest BCUT2D eigenvalue weighted by molar-refractivity contribution is 5.79. The van der Waals surface area contributed by atoms with Crippen molar-refractivity contribution in [2.24, 2.45) is 11.7 Å². The van der Waals surface area contributed by atoms with Crippen molar-refractivity contribution in [2.75, 3.05) is 26.3 Å². The van der Waals surface area contributed by atoms with Crippen LogP contribution in [0.25, 0.3) is 0 Å². The summed E-state index contributed by atoms with van der Waals surface area (Å²) in [6.45, 7) is 2.94. The predicted molar refractivity (Wildman–Crippen MR) is 52.7 cm³/mol. The maximum Gasteiger partial charge on any atom is 0.224 e. The van der Waals surface area contributed by atoms with Gasteiger partial charge in [0.15, 0.2) is 0 Å². The molecular weight excluding hydrogens is 180 g/mol. The van der Waals surface area contributed by atoms with Crippen LogP contribution >= 0.6 is 0 Å². The Morgan fingerprint density at radius 2 is 2.29 bits per heavy atom. The quantitative estimate of drug-likeness (QED) is 0.631. The van der Waals surface area contributed by atoms with E-state index in [9.17, 15) is 4.79 Å². The van der Waals surface area contributed by atoms with Crippen LogP contribution in [0.1, 0.15) is 19.3 Å². The molecule has 0 radical (unpaired) electrons. The van der Waals surface area contributed by atoms with Gasteiger partial charge >= 0.3 is 0 Å². The summed E-state index contributed by atoms with van der Waals surface area (Å²) in [5.41, 5.74) is 5.67. The second kappa shape index (κ2) is 4.28.